The molecule has 0 amide bonds. The molecule has 7 heteroatoms. The van der Waals surface area contributed by atoms with Crippen molar-refractivity contribution in [3.05, 3.63) is 23.8 Å². The Balaban J connectivity index is 2.13. The van der Waals surface area contributed by atoms with Gasteiger partial charge in [0.05, 0.1) is 11.5 Å². The Bertz CT molecular complexity index is 867. The van der Waals surface area contributed by atoms with Crippen LogP contribution in [0.5, 0.6) is 0 Å². The second-order valence-corrected chi connectivity index (χ2v) is 9.88. The lowest BCUT2D eigenvalue weighted by molar-refractivity contribution is -0.203. The molecule has 0 saturated heterocycles. The first-order valence-electron chi connectivity index (χ1n) is 10.8. The van der Waals surface area contributed by atoms with Crippen molar-refractivity contribution in [2.45, 2.75) is 78.6 Å². The van der Waals surface area contributed by atoms with E-state index in [0.717, 1.165) is 0 Å². The van der Waals surface area contributed by atoms with Crippen molar-refractivity contribution in [2.24, 2.45) is 22.7 Å². The van der Waals surface area contributed by atoms with Gasteiger partial charge in [-0.2, -0.15) is 0 Å². The number of allylic oxidation sites excluding steroid dienone is 2. The standard InChI is InChI=1S/C24H32O7/c1-12-15-7-8-19(28)24(6)18(10-17(27)16(9-15)22(12)29)23(4,5)20(30-13(2)25)11-21(24)31-14(3)26/h9,15,17-18,20-21,27H,1,7-8,10-11H2,2-6H3/t15-,17-,18?,20+,21?,24-/m1/s1. The van der Waals surface area contributed by atoms with Gasteiger partial charge in [0.15, 0.2) is 5.78 Å². The lowest BCUT2D eigenvalue weighted by atomic mass is 9.50. The van der Waals surface area contributed by atoms with Crippen molar-refractivity contribution in [3.8, 4) is 0 Å². The molecule has 1 fully saturated rings. The highest BCUT2D eigenvalue weighted by molar-refractivity contribution is 6.11. The van der Waals surface area contributed by atoms with Crippen molar-refractivity contribution >= 4 is 23.5 Å². The maximum atomic E-state index is 13.7. The average Bonchev–Trinajstić information content (AvgIpc) is 2.94. The summed E-state index contributed by atoms with van der Waals surface area (Å²) in [4.78, 5) is 50.0. The molecule has 0 aromatic heterocycles. The van der Waals surface area contributed by atoms with Gasteiger partial charge in [0.25, 0.3) is 0 Å². The van der Waals surface area contributed by atoms with Crippen LogP contribution in [0, 0.1) is 22.7 Å². The van der Waals surface area contributed by atoms with E-state index in [1.54, 1.807) is 13.0 Å². The minimum absolute atomic E-state index is 0.0886. The molecule has 1 saturated carbocycles. The fourth-order valence-electron chi connectivity index (χ4n) is 5.83. The predicted molar refractivity (Wildman–Crippen MR) is 112 cm³/mol. The van der Waals surface area contributed by atoms with Gasteiger partial charge < -0.3 is 14.6 Å². The second-order valence-electron chi connectivity index (χ2n) is 9.88. The molecule has 7 nitrogen and oxygen atoms in total. The van der Waals surface area contributed by atoms with E-state index in [9.17, 15) is 24.3 Å². The number of Topliss-reactive ketones (excluding diaryl/α,β-unsaturated/α-hetero) is 2. The van der Waals surface area contributed by atoms with Gasteiger partial charge in [-0.3, -0.25) is 19.2 Å². The molecule has 2 unspecified atom stereocenters. The fourth-order valence-corrected chi connectivity index (χ4v) is 5.83. The molecule has 6 atom stereocenters. The zero-order valence-electron chi connectivity index (χ0n) is 18.9. The zero-order chi connectivity index (χ0) is 23.3. The number of carbonyl (C=O) groups excluding carboxylic acids is 4. The number of carbonyl (C=O) groups is 4. The second kappa shape index (κ2) is 8.01. The highest BCUT2D eigenvalue weighted by Crippen LogP contribution is 2.57. The topological polar surface area (TPSA) is 107 Å². The number of hydrogen-bond donors (Lipinski definition) is 1. The molecular weight excluding hydrogens is 400 g/mol. The summed E-state index contributed by atoms with van der Waals surface area (Å²) in [7, 11) is 0. The molecule has 0 heterocycles. The van der Waals surface area contributed by atoms with Crippen LogP contribution in [-0.4, -0.2) is 46.9 Å². The van der Waals surface area contributed by atoms with Gasteiger partial charge in [-0.1, -0.05) is 26.5 Å². The van der Waals surface area contributed by atoms with E-state index in [0.29, 0.717) is 17.6 Å². The van der Waals surface area contributed by atoms with Gasteiger partial charge in [-0.25, -0.2) is 0 Å². The summed E-state index contributed by atoms with van der Waals surface area (Å²) in [5, 5.41) is 11.1. The van der Waals surface area contributed by atoms with Crippen LogP contribution in [0.2, 0.25) is 0 Å². The SMILES string of the molecule is C=C1C(=O)C2=C[C@H]1CCC(=O)[C@]1(C)C(OC(C)=O)C[C@H](OC(C)=O)C(C)(C)C1C[C@H]2O. The Morgan fingerprint density at radius 1 is 1.06 bits per heavy atom. The van der Waals surface area contributed by atoms with Gasteiger partial charge in [0.1, 0.15) is 18.0 Å². The van der Waals surface area contributed by atoms with Gasteiger partial charge >= 0.3 is 11.9 Å². The maximum absolute atomic E-state index is 13.7. The number of ether oxygens (including phenoxy) is 2. The van der Waals surface area contributed by atoms with Gasteiger partial charge in [0.2, 0.25) is 0 Å². The molecule has 3 rings (SSSR count). The lowest BCUT2D eigenvalue weighted by Gasteiger charge is -2.56. The van der Waals surface area contributed by atoms with Crippen LogP contribution in [0.1, 0.15) is 60.3 Å². The first kappa shape index (κ1) is 23.4. The van der Waals surface area contributed by atoms with Gasteiger partial charge in [-0.15, -0.1) is 0 Å². The quantitative estimate of drug-likeness (QED) is 0.528. The van der Waals surface area contributed by atoms with Crippen molar-refractivity contribution in [1.29, 1.82) is 0 Å². The molecule has 31 heavy (non-hydrogen) atoms. The maximum Gasteiger partial charge on any atom is 0.302 e. The van der Waals surface area contributed by atoms with Crippen LogP contribution in [0.15, 0.2) is 23.8 Å². The molecule has 0 aromatic rings. The van der Waals surface area contributed by atoms with Crippen LogP contribution in [0.4, 0.5) is 0 Å². The van der Waals surface area contributed by atoms with E-state index in [2.05, 4.69) is 6.58 Å². The number of fused-ring (bicyclic) bond motifs is 2. The molecule has 3 aliphatic carbocycles. The minimum atomic E-state index is -1.10. The molecule has 0 aliphatic heterocycles. The number of ketones is 2. The summed E-state index contributed by atoms with van der Waals surface area (Å²) in [6.07, 6.45) is 0.0921. The van der Waals surface area contributed by atoms with E-state index in [4.69, 9.17) is 9.47 Å². The Morgan fingerprint density at radius 3 is 2.23 bits per heavy atom. The summed E-state index contributed by atoms with van der Waals surface area (Å²) in [5.41, 5.74) is -1.12. The third kappa shape index (κ3) is 3.88. The van der Waals surface area contributed by atoms with Crippen molar-refractivity contribution in [3.63, 3.8) is 0 Å². The average molecular weight is 433 g/mol. The van der Waals surface area contributed by atoms with Crippen LogP contribution in [0.3, 0.4) is 0 Å². The van der Waals surface area contributed by atoms with Crippen LogP contribution in [-0.2, 0) is 28.7 Å². The number of hydrogen-bond acceptors (Lipinski definition) is 7. The number of aliphatic hydroxyl groups excluding tert-OH is 1. The van der Waals surface area contributed by atoms with Gasteiger partial charge in [0, 0.05) is 43.6 Å². The summed E-state index contributed by atoms with van der Waals surface area (Å²) in [6, 6.07) is 0. The summed E-state index contributed by atoms with van der Waals surface area (Å²) >= 11 is 0. The smallest absolute Gasteiger partial charge is 0.302 e. The van der Waals surface area contributed by atoms with Crippen molar-refractivity contribution < 1.29 is 33.8 Å². The number of aliphatic hydroxyl groups is 1. The molecular formula is C24H32O7. The molecule has 0 spiro atoms. The molecule has 170 valence electrons. The van der Waals surface area contributed by atoms with Crippen molar-refractivity contribution in [1.82, 2.24) is 0 Å². The lowest BCUT2D eigenvalue weighted by Crippen LogP contribution is -2.62. The third-order valence-corrected chi connectivity index (χ3v) is 7.65. The monoisotopic (exact) mass is 432 g/mol. The normalized spacial score (nSPS) is 37.5. The van der Waals surface area contributed by atoms with Crippen LogP contribution < -0.4 is 0 Å². The zero-order valence-corrected chi connectivity index (χ0v) is 18.9. The molecule has 1 N–H and O–H groups in total. The first-order chi connectivity index (χ1) is 14.3. The predicted octanol–water partition coefficient (Wildman–Crippen LogP) is 2.70. The molecule has 0 radical (unpaired) electrons. The summed E-state index contributed by atoms with van der Waals surface area (Å²) in [6.45, 7) is 12.0. The summed E-state index contributed by atoms with van der Waals surface area (Å²) < 4.78 is 11.2. The third-order valence-electron chi connectivity index (χ3n) is 7.65. The summed E-state index contributed by atoms with van der Waals surface area (Å²) in [5.74, 6) is -2.14. The highest BCUT2D eigenvalue weighted by Gasteiger charge is 2.62. The van der Waals surface area contributed by atoms with E-state index >= 15 is 0 Å². The van der Waals surface area contributed by atoms with E-state index in [-0.39, 0.29) is 36.7 Å². The Kier molecular flexibility index (Phi) is 6.04. The Labute approximate surface area is 182 Å². The van der Waals surface area contributed by atoms with Crippen molar-refractivity contribution in [2.75, 3.05) is 0 Å². The van der Waals surface area contributed by atoms with Crippen LogP contribution >= 0.6 is 0 Å². The molecule has 0 aromatic carbocycles. The van der Waals surface area contributed by atoms with Gasteiger partial charge in [-0.05, 0) is 31.3 Å². The number of rotatable bonds is 2. The Morgan fingerprint density at radius 2 is 1.65 bits per heavy atom. The first-order valence-corrected chi connectivity index (χ1v) is 10.8. The van der Waals surface area contributed by atoms with E-state index < -0.39 is 47.0 Å². The molecule has 3 aliphatic rings. The Hall–Kier alpha value is -2.28. The van der Waals surface area contributed by atoms with Crippen LogP contribution in [0.25, 0.3) is 0 Å². The fraction of sp³-hybridized carbons (Fsp3) is 0.667. The van der Waals surface area contributed by atoms with E-state index in [1.807, 2.05) is 13.8 Å². The number of esters is 2. The minimum Gasteiger partial charge on any atom is -0.462 e. The largest absolute Gasteiger partial charge is 0.462 e. The highest BCUT2D eigenvalue weighted by atomic mass is 16.6. The van der Waals surface area contributed by atoms with E-state index in [1.165, 1.54) is 13.8 Å². The molecule has 2 bridgehead atoms.